The van der Waals surface area contributed by atoms with Gasteiger partial charge in [0.2, 0.25) is 0 Å². The quantitative estimate of drug-likeness (QED) is 0.463. The smallest absolute Gasteiger partial charge is 0.387 e. The molecule has 0 atom stereocenters. The number of aliphatic imine (C=N–C) groups is 1. The molecule has 1 saturated heterocycles. The molecule has 0 aromatic heterocycles. The number of hydrogen-bond donors (Lipinski definition) is 2. The van der Waals surface area contributed by atoms with Crippen LogP contribution in [0.15, 0.2) is 23.2 Å². The second kappa shape index (κ2) is 12.4. The van der Waals surface area contributed by atoms with E-state index in [0.29, 0.717) is 30.4 Å². The number of benzene rings is 1. The van der Waals surface area contributed by atoms with E-state index in [4.69, 9.17) is 9.47 Å². The van der Waals surface area contributed by atoms with Crippen LogP contribution in [0.2, 0.25) is 0 Å². The summed E-state index contributed by atoms with van der Waals surface area (Å²) in [5, 5.41) is 6.36. The van der Waals surface area contributed by atoms with E-state index >= 15 is 0 Å². The molecule has 1 aliphatic heterocycles. The molecule has 0 bridgehead atoms. The van der Waals surface area contributed by atoms with Gasteiger partial charge in [-0.3, -0.25) is 9.89 Å². The summed E-state index contributed by atoms with van der Waals surface area (Å²) in [5.74, 6) is 1.21. The highest BCUT2D eigenvalue weighted by molar-refractivity contribution is 5.79. The molecule has 1 aromatic carbocycles. The van der Waals surface area contributed by atoms with Crippen LogP contribution in [-0.4, -0.2) is 70.5 Å². The zero-order valence-electron chi connectivity index (χ0n) is 16.5. The Hall–Kier alpha value is -2.13. The van der Waals surface area contributed by atoms with Crippen molar-refractivity contribution >= 4 is 5.96 Å². The molecule has 1 fully saturated rings. The van der Waals surface area contributed by atoms with E-state index < -0.39 is 6.61 Å². The van der Waals surface area contributed by atoms with Gasteiger partial charge in [0.25, 0.3) is 0 Å². The first-order valence-corrected chi connectivity index (χ1v) is 9.57. The molecule has 7 nitrogen and oxygen atoms in total. The van der Waals surface area contributed by atoms with Gasteiger partial charge < -0.3 is 24.8 Å². The molecule has 0 spiro atoms. The lowest BCUT2D eigenvalue weighted by molar-refractivity contribution is -0.0505. The Morgan fingerprint density at radius 3 is 2.75 bits per heavy atom. The van der Waals surface area contributed by atoms with Crippen LogP contribution in [-0.2, 0) is 11.3 Å². The molecule has 28 heavy (non-hydrogen) atoms. The van der Waals surface area contributed by atoms with E-state index in [0.717, 1.165) is 45.8 Å². The summed E-state index contributed by atoms with van der Waals surface area (Å²) in [7, 11) is 1.67. The molecule has 0 saturated carbocycles. The molecule has 1 aromatic rings. The third-order valence-corrected chi connectivity index (χ3v) is 4.22. The third-order valence-electron chi connectivity index (χ3n) is 4.22. The number of nitrogens with zero attached hydrogens (tertiary/aromatic N) is 2. The first-order valence-electron chi connectivity index (χ1n) is 9.57. The van der Waals surface area contributed by atoms with Crippen LogP contribution in [0.4, 0.5) is 8.78 Å². The zero-order chi connectivity index (χ0) is 20.2. The van der Waals surface area contributed by atoms with Crippen molar-refractivity contribution in [3.8, 4) is 11.5 Å². The predicted molar refractivity (Wildman–Crippen MR) is 104 cm³/mol. The molecule has 2 N–H and O–H groups in total. The third kappa shape index (κ3) is 7.85. The van der Waals surface area contributed by atoms with E-state index in [9.17, 15) is 8.78 Å². The van der Waals surface area contributed by atoms with Crippen LogP contribution >= 0.6 is 0 Å². The van der Waals surface area contributed by atoms with Gasteiger partial charge in [0.1, 0.15) is 11.5 Å². The lowest BCUT2D eigenvalue weighted by atomic mass is 10.2. The predicted octanol–water partition coefficient (Wildman–Crippen LogP) is 2.07. The van der Waals surface area contributed by atoms with Crippen molar-refractivity contribution in [3.05, 3.63) is 23.8 Å². The van der Waals surface area contributed by atoms with Crippen LogP contribution in [0, 0.1) is 0 Å². The SMILES string of the molecule is CCCOc1ccc(CNC(=NC)NCCN2CCOCC2)c(OC(F)F)c1. The molecule has 2 rings (SSSR count). The first-order chi connectivity index (χ1) is 13.6. The second-order valence-corrected chi connectivity index (χ2v) is 6.30. The average molecular weight is 400 g/mol. The highest BCUT2D eigenvalue weighted by atomic mass is 19.3. The number of morpholine rings is 1. The minimum atomic E-state index is -2.90. The summed E-state index contributed by atoms with van der Waals surface area (Å²) in [6.45, 7) is 4.88. The number of rotatable bonds is 10. The maximum Gasteiger partial charge on any atom is 0.387 e. The zero-order valence-corrected chi connectivity index (χ0v) is 16.5. The van der Waals surface area contributed by atoms with Gasteiger partial charge in [0, 0.05) is 51.4 Å². The summed E-state index contributed by atoms with van der Waals surface area (Å²) in [4.78, 5) is 6.48. The summed E-state index contributed by atoms with van der Waals surface area (Å²) in [6.07, 6.45) is 0.834. The Bertz CT molecular complexity index is 611. The lowest BCUT2D eigenvalue weighted by Crippen LogP contribution is -2.44. The van der Waals surface area contributed by atoms with Crippen LogP contribution in [0.3, 0.4) is 0 Å². The van der Waals surface area contributed by atoms with Gasteiger partial charge in [-0.2, -0.15) is 8.78 Å². The lowest BCUT2D eigenvalue weighted by Gasteiger charge is -2.26. The Morgan fingerprint density at radius 2 is 2.07 bits per heavy atom. The number of ether oxygens (including phenoxy) is 3. The van der Waals surface area contributed by atoms with E-state index in [-0.39, 0.29) is 5.75 Å². The van der Waals surface area contributed by atoms with Crippen molar-refractivity contribution in [1.82, 2.24) is 15.5 Å². The molecule has 1 aliphatic rings. The number of halogens is 2. The monoisotopic (exact) mass is 400 g/mol. The number of guanidine groups is 1. The van der Waals surface area contributed by atoms with E-state index in [2.05, 4.69) is 25.3 Å². The Kier molecular flexibility index (Phi) is 9.78. The van der Waals surface area contributed by atoms with Crippen molar-refractivity contribution in [2.75, 3.05) is 53.0 Å². The van der Waals surface area contributed by atoms with Crippen molar-refractivity contribution in [1.29, 1.82) is 0 Å². The summed E-state index contributed by atoms with van der Waals surface area (Å²) >= 11 is 0. The molecular formula is C19H30F2N4O3. The molecule has 0 unspecified atom stereocenters. The van der Waals surface area contributed by atoms with Crippen molar-refractivity contribution in [2.45, 2.75) is 26.5 Å². The molecule has 0 aliphatic carbocycles. The second-order valence-electron chi connectivity index (χ2n) is 6.30. The van der Waals surface area contributed by atoms with Crippen molar-refractivity contribution in [2.24, 2.45) is 4.99 Å². The Balaban J connectivity index is 1.87. The topological polar surface area (TPSA) is 67.4 Å². The van der Waals surface area contributed by atoms with Gasteiger partial charge in [-0.25, -0.2) is 0 Å². The van der Waals surface area contributed by atoms with Gasteiger partial charge in [0.15, 0.2) is 5.96 Å². The van der Waals surface area contributed by atoms with E-state index in [1.54, 1.807) is 19.2 Å². The summed E-state index contributed by atoms with van der Waals surface area (Å²) < 4.78 is 41.0. The average Bonchev–Trinajstić information content (AvgIpc) is 2.70. The fourth-order valence-corrected chi connectivity index (χ4v) is 2.75. The Morgan fingerprint density at radius 1 is 1.29 bits per heavy atom. The minimum Gasteiger partial charge on any atom is -0.493 e. The normalized spacial score (nSPS) is 15.5. The number of alkyl halides is 2. The highest BCUT2D eigenvalue weighted by Gasteiger charge is 2.13. The minimum absolute atomic E-state index is 0.0971. The maximum atomic E-state index is 12.8. The standard InChI is InChI=1S/C19H30F2N4O3/c1-3-10-27-16-5-4-15(17(13-16)28-18(20)21)14-24-19(22-2)23-6-7-25-8-11-26-12-9-25/h4-5,13,18H,3,6-12,14H2,1-2H3,(H2,22,23,24). The van der Waals surface area contributed by atoms with Crippen LogP contribution in [0.1, 0.15) is 18.9 Å². The number of nitrogens with one attached hydrogen (secondary N) is 2. The van der Waals surface area contributed by atoms with E-state index in [1.807, 2.05) is 6.92 Å². The summed E-state index contributed by atoms with van der Waals surface area (Å²) in [5.41, 5.74) is 0.597. The van der Waals surface area contributed by atoms with Crippen LogP contribution in [0.5, 0.6) is 11.5 Å². The first kappa shape index (κ1) is 22.2. The molecular weight excluding hydrogens is 370 g/mol. The van der Waals surface area contributed by atoms with Gasteiger partial charge >= 0.3 is 6.61 Å². The van der Waals surface area contributed by atoms with Crippen molar-refractivity contribution in [3.63, 3.8) is 0 Å². The Labute approximate surface area is 165 Å². The largest absolute Gasteiger partial charge is 0.493 e. The molecule has 0 radical (unpaired) electrons. The van der Waals surface area contributed by atoms with Gasteiger partial charge in [-0.15, -0.1) is 0 Å². The highest BCUT2D eigenvalue weighted by Crippen LogP contribution is 2.26. The summed E-state index contributed by atoms with van der Waals surface area (Å²) in [6, 6.07) is 4.96. The van der Waals surface area contributed by atoms with Crippen molar-refractivity contribution < 1.29 is 23.0 Å². The molecule has 9 heteroatoms. The fraction of sp³-hybridized carbons (Fsp3) is 0.632. The van der Waals surface area contributed by atoms with Gasteiger partial charge in [-0.05, 0) is 18.6 Å². The molecule has 1 heterocycles. The van der Waals surface area contributed by atoms with Gasteiger partial charge in [0.05, 0.1) is 19.8 Å². The van der Waals surface area contributed by atoms with Crippen LogP contribution < -0.4 is 20.1 Å². The van der Waals surface area contributed by atoms with Gasteiger partial charge in [-0.1, -0.05) is 6.92 Å². The number of hydrogen-bond acceptors (Lipinski definition) is 5. The maximum absolute atomic E-state index is 12.8. The fourth-order valence-electron chi connectivity index (χ4n) is 2.75. The molecule has 158 valence electrons. The van der Waals surface area contributed by atoms with Crippen LogP contribution in [0.25, 0.3) is 0 Å². The van der Waals surface area contributed by atoms with E-state index in [1.165, 1.54) is 6.07 Å². The molecule has 0 amide bonds.